The SMILES string of the molecule is CC(C)(CO)SCNC(=N)N. The summed E-state index contributed by atoms with van der Waals surface area (Å²) in [6.45, 7) is 3.98. The standard InChI is InChI=1S/C6H15N3OS/c1-6(2,3-10)11-4-9-5(7)8/h10H,3-4H2,1-2H3,(H4,7,8,9). The predicted octanol–water partition coefficient (Wildman–Crippen LogP) is -0.0689. The molecule has 0 aliphatic carbocycles. The molecule has 0 heterocycles. The molecule has 4 nitrogen and oxygen atoms in total. The zero-order valence-electron chi connectivity index (χ0n) is 6.85. The molecule has 0 aliphatic rings. The van der Waals surface area contributed by atoms with Crippen molar-refractivity contribution in [1.29, 1.82) is 5.41 Å². The van der Waals surface area contributed by atoms with Crippen LogP contribution in [0.1, 0.15) is 13.8 Å². The second kappa shape index (κ2) is 4.46. The van der Waals surface area contributed by atoms with E-state index in [4.69, 9.17) is 16.2 Å². The van der Waals surface area contributed by atoms with E-state index in [-0.39, 0.29) is 17.3 Å². The fraction of sp³-hybridized carbons (Fsp3) is 0.833. The fourth-order valence-corrected chi connectivity index (χ4v) is 1.06. The van der Waals surface area contributed by atoms with Crippen molar-refractivity contribution in [3.63, 3.8) is 0 Å². The Bertz CT molecular complexity index is 138. The molecule has 0 aromatic rings. The lowest BCUT2D eigenvalue weighted by molar-refractivity contribution is 0.265. The highest BCUT2D eigenvalue weighted by Crippen LogP contribution is 2.21. The quantitative estimate of drug-likeness (QED) is 0.275. The number of guanidine groups is 1. The molecule has 0 fully saturated rings. The molecule has 0 saturated heterocycles. The largest absolute Gasteiger partial charge is 0.395 e. The lowest BCUT2D eigenvalue weighted by Gasteiger charge is -2.20. The smallest absolute Gasteiger partial charge is 0.186 e. The van der Waals surface area contributed by atoms with E-state index in [9.17, 15) is 0 Å². The second-order valence-electron chi connectivity index (χ2n) is 2.80. The van der Waals surface area contributed by atoms with Crippen LogP contribution in [0.15, 0.2) is 0 Å². The maximum atomic E-state index is 8.83. The monoisotopic (exact) mass is 177 g/mol. The second-order valence-corrected chi connectivity index (χ2v) is 4.48. The molecule has 0 amide bonds. The summed E-state index contributed by atoms with van der Waals surface area (Å²) in [7, 11) is 0. The number of rotatable bonds is 4. The Balaban J connectivity index is 3.45. The minimum Gasteiger partial charge on any atom is -0.395 e. The first kappa shape index (κ1) is 10.6. The van der Waals surface area contributed by atoms with Crippen LogP contribution in [-0.2, 0) is 0 Å². The summed E-state index contributed by atoms with van der Waals surface area (Å²) >= 11 is 1.53. The van der Waals surface area contributed by atoms with Gasteiger partial charge in [-0.25, -0.2) is 0 Å². The highest BCUT2D eigenvalue weighted by atomic mass is 32.2. The molecule has 0 radical (unpaired) electrons. The summed E-state index contributed by atoms with van der Waals surface area (Å²) in [5.41, 5.74) is 5.06. The van der Waals surface area contributed by atoms with Crippen LogP contribution in [0.5, 0.6) is 0 Å². The highest BCUT2D eigenvalue weighted by Gasteiger charge is 2.15. The van der Waals surface area contributed by atoms with Crippen molar-refractivity contribution in [3.05, 3.63) is 0 Å². The van der Waals surface area contributed by atoms with Crippen molar-refractivity contribution in [1.82, 2.24) is 5.32 Å². The highest BCUT2D eigenvalue weighted by molar-refractivity contribution is 8.00. The molecule has 0 aliphatic heterocycles. The van der Waals surface area contributed by atoms with Crippen molar-refractivity contribution in [2.45, 2.75) is 18.6 Å². The fourth-order valence-electron chi connectivity index (χ4n) is 0.355. The molecule has 0 bridgehead atoms. The molecule has 66 valence electrons. The van der Waals surface area contributed by atoms with Gasteiger partial charge in [-0.05, 0) is 13.8 Å². The minimum atomic E-state index is -0.164. The van der Waals surface area contributed by atoms with Crippen LogP contribution in [0.4, 0.5) is 0 Å². The number of nitrogens with one attached hydrogen (secondary N) is 2. The zero-order chi connectivity index (χ0) is 8.91. The summed E-state index contributed by atoms with van der Waals surface area (Å²) in [6, 6.07) is 0. The van der Waals surface area contributed by atoms with Crippen LogP contribution in [0.25, 0.3) is 0 Å². The van der Waals surface area contributed by atoms with Gasteiger partial charge >= 0.3 is 0 Å². The Morgan fingerprint density at radius 3 is 2.64 bits per heavy atom. The van der Waals surface area contributed by atoms with Gasteiger partial charge in [0.2, 0.25) is 0 Å². The van der Waals surface area contributed by atoms with Crippen LogP contribution in [0.3, 0.4) is 0 Å². The first-order valence-electron chi connectivity index (χ1n) is 3.30. The summed E-state index contributed by atoms with van der Waals surface area (Å²) in [4.78, 5) is 0. The van der Waals surface area contributed by atoms with Gasteiger partial charge in [0.15, 0.2) is 5.96 Å². The Morgan fingerprint density at radius 2 is 2.27 bits per heavy atom. The maximum absolute atomic E-state index is 8.83. The summed E-state index contributed by atoms with van der Waals surface area (Å²) in [5, 5.41) is 18.3. The lowest BCUT2D eigenvalue weighted by Crippen LogP contribution is -2.32. The first-order valence-corrected chi connectivity index (χ1v) is 4.29. The topological polar surface area (TPSA) is 82.1 Å². The van der Waals surface area contributed by atoms with E-state index in [1.807, 2.05) is 13.8 Å². The van der Waals surface area contributed by atoms with Gasteiger partial charge in [0.05, 0.1) is 12.5 Å². The molecule has 11 heavy (non-hydrogen) atoms. The number of hydrogen-bond donors (Lipinski definition) is 4. The number of hydrogen-bond acceptors (Lipinski definition) is 3. The van der Waals surface area contributed by atoms with Gasteiger partial charge in [-0.2, -0.15) is 0 Å². The van der Waals surface area contributed by atoms with E-state index < -0.39 is 0 Å². The van der Waals surface area contributed by atoms with Crippen LogP contribution in [-0.4, -0.2) is 28.3 Å². The maximum Gasteiger partial charge on any atom is 0.186 e. The first-order chi connectivity index (χ1) is 4.98. The van der Waals surface area contributed by atoms with Gasteiger partial charge in [-0.15, -0.1) is 11.8 Å². The van der Waals surface area contributed by atoms with Crippen molar-refractivity contribution >= 4 is 17.7 Å². The number of thioether (sulfide) groups is 1. The van der Waals surface area contributed by atoms with Crippen LogP contribution < -0.4 is 11.1 Å². The van der Waals surface area contributed by atoms with E-state index in [1.54, 1.807) is 0 Å². The molecule has 0 unspecified atom stereocenters. The third-order valence-electron chi connectivity index (χ3n) is 1.11. The molecule has 0 spiro atoms. The van der Waals surface area contributed by atoms with Crippen molar-refractivity contribution in [2.75, 3.05) is 12.5 Å². The molecule has 5 heteroatoms. The molecule has 0 rings (SSSR count). The van der Waals surface area contributed by atoms with Gasteiger partial charge < -0.3 is 16.2 Å². The summed E-state index contributed by atoms with van der Waals surface area (Å²) < 4.78 is -0.164. The molecular weight excluding hydrogens is 162 g/mol. The predicted molar refractivity (Wildman–Crippen MR) is 48.7 cm³/mol. The number of nitrogens with two attached hydrogens (primary N) is 1. The lowest BCUT2D eigenvalue weighted by atomic mass is 10.2. The number of aliphatic hydroxyl groups excluding tert-OH is 1. The van der Waals surface area contributed by atoms with Gasteiger partial charge in [0.25, 0.3) is 0 Å². The zero-order valence-corrected chi connectivity index (χ0v) is 7.66. The van der Waals surface area contributed by atoms with Crippen molar-refractivity contribution in [2.24, 2.45) is 5.73 Å². The van der Waals surface area contributed by atoms with Crippen LogP contribution in [0, 0.1) is 5.41 Å². The molecule has 0 saturated carbocycles. The molecule has 0 aromatic heterocycles. The average Bonchev–Trinajstić information content (AvgIpc) is 1.87. The molecule has 5 N–H and O–H groups in total. The normalized spacial score (nSPS) is 11.2. The summed E-state index contributed by atoms with van der Waals surface area (Å²) in [5.74, 6) is 0.523. The van der Waals surface area contributed by atoms with Gasteiger partial charge in [-0.3, -0.25) is 5.41 Å². The Kier molecular flexibility index (Phi) is 4.29. The Morgan fingerprint density at radius 1 is 1.73 bits per heavy atom. The van der Waals surface area contributed by atoms with Crippen molar-refractivity contribution < 1.29 is 5.11 Å². The third-order valence-corrected chi connectivity index (χ3v) is 2.31. The third kappa shape index (κ3) is 6.00. The van der Waals surface area contributed by atoms with E-state index in [1.165, 1.54) is 11.8 Å². The molecule has 0 atom stereocenters. The van der Waals surface area contributed by atoms with Gasteiger partial charge in [0.1, 0.15) is 0 Å². The average molecular weight is 177 g/mol. The molecular formula is C6H15N3OS. The molecule has 0 aromatic carbocycles. The van der Waals surface area contributed by atoms with Crippen molar-refractivity contribution in [3.8, 4) is 0 Å². The summed E-state index contributed by atoms with van der Waals surface area (Å²) in [6.07, 6.45) is 0. The Hall–Kier alpha value is -0.420. The van der Waals surface area contributed by atoms with E-state index >= 15 is 0 Å². The Labute approximate surface area is 71.1 Å². The van der Waals surface area contributed by atoms with Crippen LogP contribution >= 0.6 is 11.8 Å². The van der Waals surface area contributed by atoms with Gasteiger partial charge in [-0.1, -0.05) is 0 Å². The van der Waals surface area contributed by atoms with Gasteiger partial charge in [0, 0.05) is 4.75 Å². The number of aliphatic hydroxyl groups is 1. The van der Waals surface area contributed by atoms with E-state index in [2.05, 4.69) is 5.32 Å². The van der Waals surface area contributed by atoms with E-state index in [0.29, 0.717) is 5.88 Å². The minimum absolute atomic E-state index is 0.0359. The van der Waals surface area contributed by atoms with Crippen LogP contribution in [0.2, 0.25) is 0 Å². The van der Waals surface area contributed by atoms with E-state index in [0.717, 1.165) is 0 Å².